The lowest BCUT2D eigenvalue weighted by atomic mass is 9.91. The molecule has 0 heterocycles. The zero-order chi connectivity index (χ0) is 10.9. The van der Waals surface area contributed by atoms with E-state index in [0.29, 0.717) is 5.41 Å². The highest BCUT2D eigenvalue weighted by molar-refractivity contribution is 5.01. The smallest absolute Gasteiger partial charge is 0.0295 e. The minimum absolute atomic E-state index is 0.654. The highest BCUT2D eigenvalue weighted by Crippen LogP contribution is 2.60. The second-order valence-corrected chi connectivity index (χ2v) is 6.37. The van der Waals surface area contributed by atoms with Crippen molar-refractivity contribution in [1.29, 1.82) is 0 Å². The maximum absolute atomic E-state index is 2.42. The molecule has 0 amide bonds. The maximum atomic E-state index is 2.42. The Kier molecular flexibility index (Phi) is 3.66. The van der Waals surface area contributed by atoms with Gasteiger partial charge in [0.25, 0.3) is 0 Å². The quantitative estimate of drug-likeness (QED) is 0.595. The molecule has 0 aliphatic heterocycles. The number of rotatable bonds is 5. The molecule has 0 aromatic heterocycles. The normalized spacial score (nSPS) is 31.9. The van der Waals surface area contributed by atoms with Gasteiger partial charge in [-0.25, -0.2) is 0 Å². The number of hydrogen-bond acceptors (Lipinski definition) is 0. The minimum Gasteiger partial charge on any atom is -0.0625 e. The molecule has 0 N–H and O–H groups in total. The third kappa shape index (κ3) is 2.52. The summed E-state index contributed by atoms with van der Waals surface area (Å²) in [7, 11) is 0. The van der Waals surface area contributed by atoms with Gasteiger partial charge in [-0.1, -0.05) is 54.4 Å². The van der Waals surface area contributed by atoms with Crippen LogP contribution in [0.15, 0.2) is 0 Å². The number of hydrogen-bond donors (Lipinski definition) is 0. The monoisotopic (exact) mass is 196 g/mol. The van der Waals surface area contributed by atoms with Crippen LogP contribution in [-0.4, -0.2) is 0 Å². The lowest BCUT2D eigenvalue weighted by molar-refractivity contribution is 0.367. The first-order valence-electron chi connectivity index (χ1n) is 6.37. The summed E-state index contributed by atoms with van der Waals surface area (Å²) < 4.78 is 0. The average Bonchev–Trinajstić information content (AvgIpc) is 2.54. The van der Waals surface area contributed by atoms with E-state index in [2.05, 4.69) is 41.5 Å². The molecule has 14 heavy (non-hydrogen) atoms. The molecule has 0 bridgehead atoms. The van der Waals surface area contributed by atoms with Gasteiger partial charge in [0, 0.05) is 0 Å². The summed E-state index contributed by atoms with van der Waals surface area (Å²) in [6.07, 6.45) is 4.33. The van der Waals surface area contributed by atoms with Gasteiger partial charge >= 0.3 is 0 Å². The van der Waals surface area contributed by atoms with Crippen LogP contribution >= 0.6 is 0 Å². The van der Waals surface area contributed by atoms with Crippen LogP contribution in [0.25, 0.3) is 0 Å². The predicted octanol–water partition coefficient (Wildman–Crippen LogP) is 4.74. The molecule has 0 saturated heterocycles. The van der Waals surface area contributed by atoms with Crippen LogP contribution in [0.5, 0.6) is 0 Å². The Balaban J connectivity index is 2.12. The Bertz CT molecular complexity index is 178. The van der Waals surface area contributed by atoms with Crippen molar-refractivity contribution in [1.82, 2.24) is 0 Å². The zero-order valence-electron chi connectivity index (χ0n) is 10.9. The molecular weight excluding hydrogens is 168 g/mol. The highest BCUT2D eigenvalue weighted by atomic mass is 14.6. The van der Waals surface area contributed by atoms with Gasteiger partial charge in [-0.05, 0) is 35.5 Å². The largest absolute Gasteiger partial charge is 0.0625 e. The molecule has 3 unspecified atom stereocenters. The molecule has 1 aliphatic carbocycles. The lowest BCUT2D eigenvalue weighted by Gasteiger charge is -2.15. The summed E-state index contributed by atoms with van der Waals surface area (Å²) in [4.78, 5) is 0. The maximum Gasteiger partial charge on any atom is -0.0295 e. The zero-order valence-corrected chi connectivity index (χ0v) is 10.9. The summed E-state index contributed by atoms with van der Waals surface area (Å²) in [5, 5.41) is 0. The second kappa shape index (κ2) is 4.24. The summed E-state index contributed by atoms with van der Waals surface area (Å²) >= 11 is 0. The van der Waals surface area contributed by atoms with Crippen molar-refractivity contribution < 1.29 is 0 Å². The standard InChI is InChI=1S/C14H28/c1-10(2)11(3)8-7-9-13-12(4)14(13,5)6/h10-13H,7-9H2,1-6H3. The molecule has 1 rings (SSSR count). The van der Waals surface area contributed by atoms with E-state index in [1.807, 2.05) is 0 Å². The van der Waals surface area contributed by atoms with Gasteiger partial charge in [0.15, 0.2) is 0 Å². The van der Waals surface area contributed by atoms with Gasteiger partial charge in [0.05, 0.1) is 0 Å². The molecule has 0 spiro atoms. The Morgan fingerprint density at radius 2 is 1.64 bits per heavy atom. The first-order valence-corrected chi connectivity index (χ1v) is 6.37. The Hall–Kier alpha value is 0. The fraction of sp³-hybridized carbons (Fsp3) is 1.00. The molecule has 0 heteroatoms. The SMILES string of the molecule is CC(C)C(C)CCCC1C(C)C1(C)C. The van der Waals surface area contributed by atoms with Crippen molar-refractivity contribution in [2.24, 2.45) is 29.1 Å². The minimum atomic E-state index is 0.654. The van der Waals surface area contributed by atoms with E-state index in [4.69, 9.17) is 0 Å². The molecule has 1 aliphatic rings. The summed E-state index contributed by atoms with van der Waals surface area (Å²) in [5.41, 5.74) is 0.654. The van der Waals surface area contributed by atoms with Crippen LogP contribution in [0.1, 0.15) is 60.8 Å². The Labute approximate surface area is 90.5 Å². The van der Waals surface area contributed by atoms with E-state index < -0.39 is 0 Å². The molecule has 0 aromatic carbocycles. The van der Waals surface area contributed by atoms with Crippen LogP contribution in [0.4, 0.5) is 0 Å². The van der Waals surface area contributed by atoms with Crippen LogP contribution in [0, 0.1) is 29.1 Å². The van der Waals surface area contributed by atoms with Gasteiger partial charge in [0.2, 0.25) is 0 Å². The molecule has 1 fully saturated rings. The van der Waals surface area contributed by atoms with Crippen molar-refractivity contribution in [3.63, 3.8) is 0 Å². The Morgan fingerprint density at radius 1 is 1.14 bits per heavy atom. The molecule has 84 valence electrons. The first-order chi connectivity index (χ1) is 6.37. The average molecular weight is 196 g/mol. The van der Waals surface area contributed by atoms with Gasteiger partial charge in [-0.15, -0.1) is 0 Å². The molecule has 0 radical (unpaired) electrons. The van der Waals surface area contributed by atoms with E-state index >= 15 is 0 Å². The van der Waals surface area contributed by atoms with Crippen molar-refractivity contribution >= 4 is 0 Å². The second-order valence-electron chi connectivity index (χ2n) is 6.37. The van der Waals surface area contributed by atoms with E-state index in [9.17, 15) is 0 Å². The van der Waals surface area contributed by atoms with Crippen LogP contribution in [0.2, 0.25) is 0 Å². The lowest BCUT2D eigenvalue weighted by Crippen LogP contribution is -2.03. The van der Waals surface area contributed by atoms with Gasteiger partial charge < -0.3 is 0 Å². The molecule has 0 nitrogen and oxygen atoms in total. The third-order valence-electron chi connectivity index (χ3n) is 4.94. The Morgan fingerprint density at radius 3 is 2.00 bits per heavy atom. The fourth-order valence-electron chi connectivity index (χ4n) is 2.63. The molecular formula is C14H28. The predicted molar refractivity (Wildman–Crippen MR) is 64.3 cm³/mol. The first kappa shape index (κ1) is 12.1. The topological polar surface area (TPSA) is 0 Å². The van der Waals surface area contributed by atoms with Gasteiger partial charge in [-0.2, -0.15) is 0 Å². The van der Waals surface area contributed by atoms with Crippen molar-refractivity contribution in [3.8, 4) is 0 Å². The van der Waals surface area contributed by atoms with E-state index in [1.165, 1.54) is 19.3 Å². The summed E-state index contributed by atoms with van der Waals surface area (Å²) in [6.45, 7) is 14.3. The van der Waals surface area contributed by atoms with Crippen LogP contribution in [-0.2, 0) is 0 Å². The highest BCUT2D eigenvalue weighted by Gasteiger charge is 2.53. The van der Waals surface area contributed by atoms with Crippen molar-refractivity contribution in [3.05, 3.63) is 0 Å². The molecule has 0 aromatic rings. The van der Waals surface area contributed by atoms with Crippen molar-refractivity contribution in [2.45, 2.75) is 60.8 Å². The van der Waals surface area contributed by atoms with E-state index in [0.717, 1.165) is 23.7 Å². The molecule has 3 atom stereocenters. The van der Waals surface area contributed by atoms with E-state index in [1.54, 1.807) is 0 Å². The fourth-order valence-corrected chi connectivity index (χ4v) is 2.63. The van der Waals surface area contributed by atoms with Gasteiger partial charge in [0.1, 0.15) is 0 Å². The van der Waals surface area contributed by atoms with Crippen LogP contribution < -0.4 is 0 Å². The van der Waals surface area contributed by atoms with Crippen LogP contribution in [0.3, 0.4) is 0 Å². The third-order valence-corrected chi connectivity index (χ3v) is 4.94. The van der Waals surface area contributed by atoms with Gasteiger partial charge in [-0.3, -0.25) is 0 Å². The summed E-state index contributed by atoms with van der Waals surface area (Å²) in [6, 6.07) is 0. The van der Waals surface area contributed by atoms with Crippen molar-refractivity contribution in [2.75, 3.05) is 0 Å². The molecule has 1 saturated carbocycles. The summed E-state index contributed by atoms with van der Waals surface area (Å²) in [5.74, 6) is 3.76. The van der Waals surface area contributed by atoms with E-state index in [-0.39, 0.29) is 0 Å².